The van der Waals surface area contributed by atoms with Gasteiger partial charge in [-0.2, -0.15) is 8.42 Å². The molecule has 0 radical (unpaired) electrons. The summed E-state index contributed by atoms with van der Waals surface area (Å²) in [4.78, 5) is 0. The van der Waals surface area contributed by atoms with Crippen LogP contribution in [0.4, 0.5) is 0 Å². The molecule has 4 heteroatoms. The van der Waals surface area contributed by atoms with E-state index in [0.29, 0.717) is 5.57 Å². The third-order valence-corrected chi connectivity index (χ3v) is 2.21. The zero-order valence-corrected chi connectivity index (χ0v) is 7.95. The molecule has 0 aliphatic carbocycles. The molecule has 1 N–H and O–H groups in total. The van der Waals surface area contributed by atoms with Crippen LogP contribution < -0.4 is 0 Å². The van der Waals surface area contributed by atoms with Gasteiger partial charge in [0.15, 0.2) is 0 Å². The van der Waals surface area contributed by atoms with Crippen molar-refractivity contribution < 1.29 is 13.0 Å². The summed E-state index contributed by atoms with van der Waals surface area (Å²) in [7, 11) is -4.03. The van der Waals surface area contributed by atoms with E-state index in [2.05, 4.69) is 0 Å². The first-order chi connectivity index (χ1) is 5.99. The fraction of sp³-hybridized carbons (Fsp3) is 0.111. The molecule has 1 rings (SSSR count). The zero-order chi connectivity index (χ0) is 9.90. The minimum Gasteiger partial charge on any atom is -0.282 e. The van der Waals surface area contributed by atoms with Crippen LogP contribution in [0.2, 0.25) is 0 Å². The second-order valence-corrected chi connectivity index (χ2v) is 3.95. The van der Waals surface area contributed by atoms with E-state index in [-0.39, 0.29) is 0 Å². The van der Waals surface area contributed by atoms with Crippen LogP contribution in [0.1, 0.15) is 12.5 Å². The van der Waals surface area contributed by atoms with Gasteiger partial charge in [0.1, 0.15) is 0 Å². The molecule has 0 bridgehead atoms. The number of benzene rings is 1. The summed E-state index contributed by atoms with van der Waals surface area (Å²) >= 11 is 0. The maximum atomic E-state index is 10.5. The van der Waals surface area contributed by atoms with Crippen LogP contribution in [0, 0.1) is 0 Å². The number of hydrogen-bond donors (Lipinski definition) is 1. The van der Waals surface area contributed by atoms with E-state index < -0.39 is 10.1 Å². The third-order valence-electron chi connectivity index (χ3n) is 1.55. The van der Waals surface area contributed by atoms with Gasteiger partial charge in [0.2, 0.25) is 0 Å². The van der Waals surface area contributed by atoms with Gasteiger partial charge in [-0.15, -0.1) is 0 Å². The Morgan fingerprint density at radius 3 is 2.31 bits per heavy atom. The Morgan fingerprint density at radius 1 is 1.31 bits per heavy atom. The lowest BCUT2D eigenvalue weighted by Crippen LogP contribution is -1.91. The SMILES string of the molecule is CC(=CS(=O)(=O)O)c1ccccc1. The Kier molecular flexibility index (Phi) is 2.85. The molecule has 0 aliphatic rings. The van der Waals surface area contributed by atoms with E-state index in [1.54, 1.807) is 31.2 Å². The van der Waals surface area contributed by atoms with Crippen molar-refractivity contribution in [2.24, 2.45) is 0 Å². The van der Waals surface area contributed by atoms with Gasteiger partial charge in [-0.3, -0.25) is 4.55 Å². The first-order valence-corrected chi connectivity index (χ1v) is 5.20. The molecular weight excluding hydrogens is 188 g/mol. The molecule has 1 aromatic carbocycles. The van der Waals surface area contributed by atoms with Gasteiger partial charge in [0, 0.05) is 0 Å². The van der Waals surface area contributed by atoms with Gasteiger partial charge in [0.25, 0.3) is 10.1 Å². The summed E-state index contributed by atoms with van der Waals surface area (Å²) in [5.41, 5.74) is 1.29. The predicted molar refractivity (Wildman–Crippen MR) is 51.6 cm³/mol. The molecule has 0 aromatic heterocycles. The summed E-state index contributed by atoms with van der Waals surface area (Å²) in [6, 6.07) is 8.99. The summed E-state index contributed by atoms with van der Waals surface area (Å²) in [5, 5.41) is 0.836. The molecule has 70 valence electrons. The van der Waals surface area contributed by atoms with E-state index >= 15 is 0 Å². The van der Waals surface area contributed by atoms with Crippen molar-refractivity contribution in [1.82, 2.24) is 0 Å². The van der Waals surface area contributed by atoms with Crippen molar-refractivity contribution >= 4 is 15.7 Å². The highest BCUT2D eigenvalue weighted by Gasteiger charge is 2.01. The third kappa shape index (κ3) is 3.40. The zero-order valence-electron chi connectivity index (χ0n) is 7.14. The smallest absolute Gasteiger partial charge is 0.282 e. The van der Waals surface area contributed by atoms with Crippen molar-refractivity contribution in [2.75, 3.05) is 0 Å². The predicted octanol–water partition coefficient (Wildman–Crippen LogP) is 1.94. The van der Waals surface area contributed by atoms with Crippen molar-refractivity contribution in [3.63, 3.8) is 0 Å². The quantitative estimate of drug-likeness (QED) is 0.739. The van der Waals surface area contributed by atoms with Crippen LogP contribution in [0.15, 0.2) is 35.7 Å². The Bertz CT molecular complexity index is 404. The Morgan fingerprint density at radius 2 is 1.85 bits per heavy atom. The molecule has 0 unspecified atom stereocenters. The molecule has 1 aromatic rings. The second-order valence-electron chi connectivity index (χ2n) is 2.68. The van der Waals surface area contributed by atoms with E-state index in [1.807, 2.05) is 6.07 Å². The van der Waals surface area contributed by atoms with E-state index in [9.17, 15) is 8.42 Å². The fourth-order valence-corrected chi connectivity index (χ4v) is 1.58. The van der Waals surface area contributed by atoms with Gasteiger partial charge in [0.05, 0.1) is 5.41 Å². The molecular formula is C9H10O3S. The molecule has 0 amide bonds. The largest absolute Gasteiger partial charge is 0.287 e. The molecule has 0 spiro atoms. The lowest BCUT2D eigenvalue weighted by Gasteiger charge is -1.98. The maximum absolute atomic E-state index is 10.5. The van der Waals surface area contributed by atoms with E-state index in [1.165, 1.54) is 0 Å². The Balaban J connectivity index is 3.06. The van der Waals surface area contributed by atoms with Gasteiger partial charge in [-0.05, 0) is 18.1 Å². The van der Waals surface area contributed by atoms with Crippen molar-refractivity contribution in [1.29, 1.82) is 0 Å². The minimum atomic E-state index is -4.03. The average molecular weight is 198 g/mol. The lowest BCUT2D eigenvalue weighted by molar-refractivity contribution is 0.494. The van der Waals surface area contributed by atoms with Gasteiger partial charge in [-0.1, -0.05) is 30.3 Å². The van der Waals surface area contributed by atoms with E-state index in [4.69, 9.17) is 4.55 Å². The standard InChI is InChI=1S/C9H10O3S/c1-8(7-13(10,11)12)9-5-3-2-4-6-9/h2-7H,1H3,(H,10,11,12). The van der Waals surface area contributed by atoms with Crippen LogP contribution in [0.3, 0.4) is 0 Å². The summed E-state index contributed by atoms with van der Waals surface area (Å²) < 4.78 is 29.5. The molecule has 0 fully saturated rings. The van der Waals surface area contributed by atoms with Crippen LogP contribution >= 0.6 is 0 Å². The topological polar surface area (TPSA) is 54.4 Å². The molecule has 0 saturated heterocycles. The average Bonchev–Trinajstić information content (AvgIpc) is 2.03. The van der Waals surface area contributed by atoms with E-state index in [0.717, 1.165) is 11.0 Å². The van der Waals surface area contributed by atoms with Crippen molar-refractivity contribution in [3.8, 4) is 0 Å². The normalized spacial score (nSPS) is 12.9. The molecule has 13 heavy (non-hydrogen) atoms. The molecule has 0 aliphatic heterocycles. The molecule has 0 saturated carbocycles. The summed E-state index contributed by atoms with van der Waals surface area (Å²) in [5.74, 6) is 0. The van der Waals surface area contributed by atoms with Crippen LogP contribution in [0.25, 0.3) is 5.57 Å². The number of rotatable bonds is 2. The highest BCUT2D eigenvalue weighted by molar-refractivity contribution is 7.89. The Hall–Kier alpha value is -1.13. The monoisotopic (exact) mass is 198 g/mol. The highest BCUT2D eigenvalue weighted by atomic mass is 32.2. The van der Waals surface area contributed by atoms with Crippen molar-refractivity contribution in [2.45, 2.75) is 6.92 Å². The Labute approximate surface area is 77.5 Å². The summed E-state index contributed by atoms with van der Waals surface area (Å²) in [6.45, 7) is 1.63. The van der Waals surface area contributed by atoms with Crippen LogP contribution in [-0.4, -0.2) is 13.0 Å². The number of allylic oxidation sites excluding steroid dienone is 1. The first kappa shape index (κ1) is 9.95. The van der Waals surface area contributed by atoms with Crippen LogP contribution in [-0.2, 0) is 10.1 Å². The lowest BCUT2D eigenvalue weighted by atomic mass is 10.1. The second kappa shape index (κ2) is 3.72. The fourth-order valence-electron chi connectivity index (χ4n) is 0.992. The first-order valence-electron chi connectivity index (χ1n) is 3.70. The van der Waals surface area contributed by atoms with Gasteiger partial charge < -0.3 is 0 Å². The molecule has 3 nitrogen and oxygen atoms in total. The maximum Gasteiger partial charge on any atom is 0.287 e. The molecule has 0 heterocycles. The summed E-state index contributed by atoms with van der Waals surface area (Å²) in [6.07, 6.45) is 0. The van der Waals surface area contributed by atoms with Gasteiger partial charge >= 0.3 is 0 Å². The van der Waals surface area contributed by atoms with Crippen LogP contribution in [0.5, 0.6) is 0 Å². The minimum absolute atomic E-state index is 0.517. The van der Waals surface area contributed by atoms with Crippen molar-refractivity contribution in [3.05, 3.63) is 41.3 Å². The highest BCUT2D eigenvalue weighted by Crippen LogP contribution is 2.13. The molecule has 0 atom stereocenters. The number of hydrogen-bond acceptors (Lipinski definition) is 2. The van der Waals surface area contributed by atoms with Gasteiger partial charge in [-0.25, -0.2) is 0 Å².